The Balaban J connectivity index is 1.41. The van der Waals surface area contributed by atoms with Gasteiger partial charge in [-0.2, -0.15) is 0 Å². The lowest BCUT2D eigenvalue weighted by Crippen LogP contribution is -2.58. The average molecular weight is 423 g/mol. The number of hydrogen-bond donors (Lipinski definition) is 1. The molecule has 2 aliphatic heterocycles. The fourth-order valence-corrected chi connectivity index (χ4v) is 6.10. The highest BCUT2D eigenvalue weighted by molar-refractivity contribution is 5.48. The summed E-state index contributed by atoms with van der Waals surface area (Å²) in [7, 11) is 0. The van der Waals surface area contributed by atoms with Crippen LogP contribution < -0.4 is 9.47 Å². The minimum atomic E-state index is -0.820. The third-order valence-electron chi connectivity index (χ3n) is 7.47. The SMILES string of the molecule is CCOc1cc2c(cc1CN1C[C@H]3CCC[C@H](C1)C3(O)c1ncccc1C)O[C@H](C)C2. The van der Waals surface area contributed by atoms with Gasteiger partial charge in [0.1, 0.15) is 23.2 Å². The van der Waals surface area contributed by atoms with Gasteiger partial charge < -0.3 is 14.6 Å². The molecule has 1 aliphatic carbocycles. The van der Waals surface area contributed by atoms with Crippen LogP contribution in [0.3, 0.4) is 0 Å². The van der Waals surface area contributed by atoms with Crippen molar-refractivity contribution in [3.8, 4) is 11.5 Å². The van der Waals surface area contributed by atoms with E-state index in [9.17, 15) is 5.11 Å². The molecule has 1 N–H and O–H groups in total. The van der Waals surface area contributed by atoms with Crippen molar-refractivity contribution >= 4 is 0 Å². The zero-order valence-corrected chi connectivity index (χ0v) is 18.9. The van der Waals surface area contributed by atoms with Crippen LogP contribution in [0, 0.1) is 18.8 Å². The van der Waals surface area contributed by atoms with Crippen LogP contribution in [0.2, 0.25) is 0 Å². The van der Waals surface area contributed by atoms with Crippen LogP contribution in [-0.2, 0) is 18.6 Å². The molecule has 5 rings (SSSR count). The molecule has 31 heavy (non-hydrogen) atoms. The normalized spacial score (nSPS) is 30.0. The number of benzene rings is 1. The Morgan fingerprint density at radius 2 is 2.03 bits per heavy atom. The Bertz CT molecular complexity index is 946. The number of hydrogen-bond acceptors (Lipinski definition) is 5. The van der Waals surface area contributed by atoms with Crippen molar-refractivity contribution in [2.45, 2.75) is 64.7 Å². The van der Waals surface area contributed by atoms with Gasteiger partial charge in [-0.1, -0.05) is 12.5 Å². The van der Waals surface area contributed by atoms with Crippen molar-refractivity contribution < 1.29 is 14.6 Å². The molecule has 1 aromatic carbocycles. The van der Waals surface area contributed by atoms with E-state index < -0.39 is 5.60 Å². The molecule has 3 atom stereocenters. The van der Waals surface area contributed by atoms with Gasteiger partial charge in [0.15, 0.2) is 0 Å². The lowest BCUT2D eigenvalue weighted by Gasteiger charge is -2.53. The van der Waals surface area contributed by atoms with Gasteiger partial charge >= 0.3 is 0 Å². The smallest absolute Gasteiger partial charge is 0.124 e. The highest BCUT2D eigenvalue weighted by Crippen LogP contribution is 2.49. The van der Waals surface area contributed by atoms with E-state index in [2.05, 4.69) is 41.9 Å². The van der Waals surface area contributed by atoms with E-state index in [0.29, 0.717) is 6.61 Å². The third kappa shape index (κ3) is 3.62. The summed E-state index contributed by atoms with van der Waals surface area (Å²) in [6.45, 7) is 9.47. The first-order chi connectivity index (χ1) is 15.0. The number of nitrogens with zero attached hydrogens (tertiary/aromatic N) is 2. The van der Waals surface area contributed by atoms with Gasteiger partial charge in [0.05, 0.1) is 12.3 Å². The average Bonchev–Trinajstić information content (AvgIpc) is 3.08. The van der Waals surface area contributed by atoms with Crippen molar-refractivity contribution in [1.29, 1.82) is 0 Å². The number of likely N-dealkylation sites (tertiary alicyclic amines) is 1. The summed E-state index contributed by atoms with van der Waals surface area (Å²) in [5.41, 5.74) is 3.60. The summed E-state index contributed by atoms with van der Waals surface area (Å²) in [5.74, 6) is 2.39. The summed E-state index contributed by atoms with van der Waals surface area (Å²) in [5, 5.41) is 11.9. The quantitative estimate of drug-likeness (QED) is 0.781. The fraction of sp³-hybridized carbons (Fsp3) is 0.577. The van der Waals surface area contributed by atoms with Crippen LogP contribution in [0.15, 0.2) is 30.5 Å². The zero-order chi connectivity index (χ0) is 21.6. The molecule has 0 amide bonds. The topological polar surface area (TPSA) is 54.8 Å². The lowest BCUT2D eigenvalue weighted by molar-refractivity contribution is -0.151. The molecule has 3 heterocycles. The molecule has 0 unspecified atom stereocenters. The molecule has 1 aromatic heterocycles. The summed E-state index contributed by atoms with van der Waals surface area (Å²) >= 11 is 0. The van der Waals surface area contributed by atoms with E-state index in [0.717, 1.165) is 61.7 Å². The number of fused-ring (bicyclic) bond motifs is 3. The standard InChI is InChI=1S/C26H34N2O3/c1-4-30-23-12-19-11-18(3)31-24(19)13-20(23)14-28-15-21-8-5-9-22(16-28)26(21,29)25-17(2)7-6-10-27-25/h6-7,10,12-13,18,21-22,29H,4-5,8-9,11,14-16H2,1-3H3/t18-,21-,22-/m1/s1. The van der Waals surface area contributed by atoms with E-state index in [4.69, 9.17) is 9.47 Å². The van der Waals surface area contributed by atoms with Gasteiger partial charge in [-0.25, -0.2) is 0 Å². The minimum Gasteiger partial charge on any atom is -0.494 e. The first-order valence-electron chi connectivity index (χ1n) is 11.8. The van der Waals surface area contributed by atoms with Gasteiger partial charge in [-0.05, 0) is 57.4 Å². The molecular formula is C26H34N2O3. The van der Waals surface area contributed by atoms with Crippen molar-refractivity contribution in [1.82, 2.24) is 9.88 Å². The first-order valence-corrected chi connectivity index (χ1v) is 11.8. The Morgan fingerprint density at radius 1 is 1.26 bits per heavy atom. The van der Waals surface area contributed by atoms with Crippen LogP contribution in [0.5, 0.6) is 11.5 Å². The van der Waals surface area contributed by atoms with Crippen LogP contribution in [0.4, 0.5) is 0 Å². The van der Waals surface area contributed by atoms with E-state index in [1.54, 1.807) is 0 Å². The predicted molar refractivity (Wildman–Crippen MR) is 120 cm³/mol. The van der Waals surface area contributed by atoms with Crippen molar-refractivity contribution in [3.05, 3.63) is 52.8 Å². The van der Waals surface area contributed by atoms with E-state index in [-0.39, 0.29) is 17.9 Å². The summed E-state index contributed by atoms with van der Waals surface area (Å²) in [6.07, 6.45) is 6.27. The predicted octanol–water partition coefficient (Wildman–Crippen LogP) is 4.23. The second-order valence-electron chi connectivity index (χ2n) is 9.65. The van der Waals surface area contributed by atoms with Crippen molar-refractivity contribution in [3.63, 3.8) is 0 Å². The number of ether oxygens (including phenoxy) is 2. The molecule has 1 saturated carbocycles. The van der Waals surface area contributed by atoms with Crippen molar-refractivity contribution in [2.75, 3.05) is 19.7 Å². The summed E-state index contributed by atoms with van der Waals surface area (Å²) in [4.78, 5) is 7.15. The number of aromatic nitrogens is 1. The van der Waals surface area contributed by atoms with Gasteiger partial charge in [0.2, 0.25) is 0 Å². The highest BCUT2D eigenvalue weighted by atomic mass is 16.5. The number of aryl methyl sites for hydroxylation is 1. The maximum Gasteiger partial charge on any atom is 0.124 e. The fourth-order valence-electron chi connectivity index (χ4n) is 6.10. The number of aliphatic hydroxyl groups is 1. The van der Waals surface area contributed by atoms with Gasteiger partial charge in [0.25, 0.3) is 0 Å². The van der Waals surface area contributed by atoms with Gasteiger partial charge in [0, 0.05) is 55.2 Å². The zero-order valence-electron chi connectivity index (χ0n) is 18.9. The molecule has 3 aliphatic rings. The second kappa shape index (κ2) is 8.10. The molecule has 1 saturated heterocycles. The van der Waals surface area contributed by atoms with Crippen LogP contribution in [0.25, 0.3) is 0 Å². The lowest BCUT2D eigenvalue weighted by atomic mass is 9.63. The Morgan fingerprint density at radius 3 is 2.74 bits per heavy atom. The molecular weight excluding hydrogens is 388 g/mol. The monoisotopic (exact) mass is 422 g/mol. The summed E-state index contributed by atoms with van der Waals surface area (Å²) in [6, 6.07) is 8.39. The maximum absolute atomic E-state index is 11.9. The second-order valence-corrected chi connectivity index (χ2v) is 9.65. The van der Waals surface area contributed by atoms with Crippen LogP contribution in [-0.4, -0.2) is 40.8 Å². The molecule has 2 bridgehead atoms. The van der Waals surface area contributed by atoms with E-state index in [1.165, 1.54) is 17.5 Å². The van der Waals surface area contributed by atoms with Gasteiger partial charge in [-0.3, -0.25) is 9.88 Å². The number of piperidine rings is 1. The number of pyridine rings is 1. The molecule has 0 radical (unpaired) electrons. The molecule has 5 heteroatoms. The number of rotatable bonds is 5. The molecule has 0 spiro atoms. The molecule has 2 aromatic rings. The molecule has 2 fully saturated rings. The van der Waals surface area contributed by atoms with Crippen molar-refractivity contribution in [2.24, 2.45) is 11.8 Å². The Kier molecular flexibility index (Phi) is 5.43. The third-order valence-corrected chi connectivity index (χ3v) is 7.47. The largest absolute Gasteiger partial charge is 0.494 e. The van der Waals surface area contributed by atoms with E-state index >= 15 is 0 Å². The maximum atomic E-state index is 11.9. The Hall–Kier alpha value is -2.11. The molecule has 5 nitrogen and oxygen atoms in total. The summed E-state index contributed by atoms with van der Waals surface area (Å²) < 4.78 is 12.0. The first kappa shape index (κ1) is 20.8. The minimum absolute atomic E-state index is 0.204. The van der Waals surface area contributed by atoms with Crippen LogP contribution in [0.1, 0.15) is 55.5 Å². The van der Waals surface area contributed by atoms with Gasteiger partial charge in [-0.15, -0.1) is 0 Å². The van der Waals surface area contributed by atoms with E-state index in [1.807, 2.05) is 19.2 Å². The molecule has 166 valence electrons. The highest BCUT2D eigenvalue weighted by Gasteiger charge is 2.52. The van der Waals surface area contributed by atoms with Crippen LogP contribution >= 0.6 is 0 Å². The Labute approximate surface area is 185 Å².